The maximum absolute atomic E-state index is 13.0. The van der Waals surface area contributed by atoms with Gasteiger partial charge >= 0.3 is 0 Å². The molecule has 0 N–H and O–H groups in total. The van der Waals surface area contributed by atoms with Crippen molar-refractivity contribution in [1.29, 1.82) is 0 Å². The van der Waals surface area contributed by atoms with E-state index in [0.29, 0.717) is 28.7 Å². The van der Waals surface area contributed by atoms with Gasteiger partial charge in [0.1, 0.15) is 0 Å². The second-order valence-electron chi connectivity index (χ2n) is 5.66. The minimum Gasteiger partial charge on any atom is -0.330 e. The Morgan fingerprint density at radius 3 is 2.04 bits per heavy atom. The Morgan fingerprint density at radius 1 is 0.840 bits per heavy atom. The molecule has 126 valence electrons. The summed E-state index contributed by atoms with van der Waals surface area (Å²) in [4.78, 5) is 18.9. The summed E-state index contributed by atoms with van der Waals surface area (Å²) in [6, 6.07) is 18.2. The molecule has 3 nitrogen and oxygen atoms in total. The van der Waals surface area contributed by atoms with Crippen molar-refractivity contribution >= 4 is 29.1 Å². The number of aromatic nitrogens is 1. The highest BCUT2D eigenvalue weighted by molar-refractivity contribution is 6.30. The number of benzene rings is 2. The van der Waals surface area contributed by atoms with Crippen LogP contribution in [0, 0.1) is 0 Å². The van der Waals surface area contributed by atoms with Gasteiger partial charge in [-0.2, -0.15) is 0 Å². The van der Waals surface area contributed by atoms with Gasteiger partial charge in [0, 0.05) is 41.1 Å². The van der Waals surface area contributed by atoms with Crippen LogP contribution in [0.4, 0.5) is 0 Å². The number of hydrogen-bond donors (Lipinski definition) is 0. The molecule has 0 aliphatic rings. The second kappa shape index (κ2) is 8.15. The third-order valence-corrected chi connectivity index (χ3v) is 4.27. The van der Waals surface area contributed by atoms with E-state index in [1.807, 2.05) is 36.4 Å². The van der Waals surface area contributed by atoms with E-state index in [1.54, 1.807) is 41.6 Å². The van der Waals surface area contributed by atoms with Crippen molar-refractivity contribution < 1.29 is 4.79 Å². The summed E-state index contributed by atoms with van der Waals surface area (Å²) < 4.78 is 0. The fraction of sp³-hybridized carbons (Fsp3) is 0.100. The number of halogens is 2. The van der Waals surface area contributed by atoms with Gasteiger partial charge in [-0.3, -0.25) is 9.78 Å². The predicted octanol–water partition coefficient (Wildman–Crippen LogP) is 5.23. The van der Waals surface area contributed by atoms with Gasteiger partial charge in [-0.1, -0.05) is 41.4 Å². The minimum absolute atomic E-state index is 0.0598. The molecule has 0 radical (unpaired) electrons. The zero-order valence-electron chi connectivity index (χ0n) is 13.4. The number of amides is 1. The van der Waals surface area contributed by atoms with Gasteiger partial charge in [-0.15, -0.1) is 0 Å². The molecule has 0 fully saturated rings. The monoisotopic (exact) mass is 370 g/mol. The van der Waals surface area contributed by atoms with Crippen molar-refractivity contribution in [3.05, 3.63) is 99.8 Å². The Labute approximate surface area is 156 Å². The van der Waals surface area contributed by atoms with Gasteiger partial charge in [0.25, 0.3) is 5.91 Å². The molecule has 0 spiro atoms. The third-order valence-electron chi connectivity index (χ3n) is 3.76. The van der Waals surface area contributed by atoms with E-state index in [0.717, 1.165) is 11.1 Å². The van der Waals surface area contributed by atoms with Gasteiger partial charge < -0.3 is 4.90 Å². The third kappa shape index (κ3) is 4.81. The van der Waals surface area contributed by atoms with Gasteiger partial charge in [0.05, 0.1) is 0 Å². The normalized spacial score (nSPS) is 10.5. The highest BCUT2D eigenvalue weighted by Crippen LogP contribution is 2.17. The first-order valence-electron chi connectivity index (χ1n) is 7.80. The first kappa shape index (κ1) is 17.5. The zero-order valence-corrected chi connectivity index (χ0v) is 14.9. The Balaban J connectivity index is 1.86. The molecule has 25 heavy (non-hydrogen) atoms. The van der Waals surface area contributed by atoms with E-state index >= 15 is 0 Å². The molecule has 1 heterocycles. The molecule has 2 aromatic carbocycles. The molecule has 0 aliphatic carbocycles. The molecule has 3 aromatic rings. The molecule has 1 aromatic heterocycles. The fourth-order valence-electron chi connectivity index (χ4n) is 2.50. The van der Waals surface area contributed by atoms with Crippen molar-refractivity contribution in [3.63, 3.8) is 0 Å². The van der Waals surface area contributed by atoms with Crippen LogP contribution in [0.2, 0.25) is 10.0 Å². The van der Waals surface area contributed by atoms with Crippen LogP contribution in [0.25, 0.3) is 0 Å². The zero-order chi connectivity index (χ0) is 17.6. The number of rotatable bonds is 5. The lowest BCUT2D eigenvalue weighted by Crippen LogP contribution is -2.30. The SMILES string of the molecule is O=C(c1ccc(Cl)cc1)N(Cc1ccc(Cl)cc1)Cc1cccnc1. The summed E-state index contributed by atoms with van der Waals surface area (Å²) in [5, 5.41) is 1.28. The van der Waals surface area contributed by atoms with Crippen molar-refractivity contribution in [1.82, 2.24) is 9.88 Å². The van der Waals surface area contributed by atoms with Crippen LogP contribution in [0.5, 0.6) is 0 Å². The summed E-state index contributed by atoms with van der Waals surface area (Å²) in [5.74, 6) is -0.0598. The molecule has 0 saturated heterocycles. The van der Waals surface area contributed by atoms with Gasteiger partial charge in [-0.25, -0.2) is 0 Å². The Bertz CT molecular complexity index is 834. The second-order valence-corrected chi connectivity index (χ2v) is 6.53. The number of pyridine rings is 1. The number of nitrogens with zero attached hydrogens (tertiary/aromatic N) is 2. The largest absolute Gasteiger partial charge is 0.330 e. The summed E-state index contributed by atoms with van der Waals surface area (Å²) >= 11 is 11.9. The number of carbonyl (C=O) groups excluding carboxylic acids is 1. The lowest BCUT2D eigenvalue weighted by molar-refractivity contribution is 0.0730. The highest BCUT2D eigenvalue weighted by Gasteiger charge is 2.17. The average molecular weight is 371 g/mol. The molecule has 0 saturated carbocycles. The van der Waals surface area contributed by atoms with Crippen LogP contribution in [0.1, 0.15) is 21.5 Å². The predicted molar refractivity (Wildman–Crippen MR) is 101 cm³/mol. The van der Waals surface area contributed by atoms with Crippen molar-refractivity contribution in [2.75, 3.05) is 0 Å². The highest BCUT2D eigenvalue weighted by atomic mass is 35.5. The molecule has 0 unspecified atom stereocenters. The molecule has 0 aliphatic heterocycles. The lowest BCUT2D eigenvalue weighted by Gasteiger charge is -2.23. The quantitative estimate of drug-likeness (QED) is 0.615. The smallest absolute Gasteiger partial charge is 0.254 e. The minimum atomic E-state index is -0.0598. The summed E-state index contributed by atoms with van der Waals surface area (Å²) in [5.41, 5.74) is 2.58. The maximum Gasteiger partial charge on any atom is 0.254 e. The standard InChI is InChI=1S/C20H16Cl2N2O/c21-18-7-3-15(4-8-18)13-24(14-16-2-1-11-23-12-16)20(25)17-5-9-19(22)10-6-17/h1-12H,13-14H2. The molecular formula is C20H16Cl2N2O. The van der Waals surface area contributed by atoms with E-state index in [4.69, 9.17) is 23.2 Å². The van der Waals surface area contributed by atoms with E-state index in [2.05, 4.69) is 4.98 Å². The molecular weight excluding hydrogens is 355 g/mol. The van der Waals surface area contributed by atoms with Crippen LogP contribution < -0.4 is 0 Å². The maximum atomic E-state index is 13.0. The van der Waals surface area contributed by atoms with Crippen molar-refractivity contribution in [3.8, 4) is 0 Å². The van der Waals surface area contributed by atoms with Crippen LogP contribution >= 0.6 is 23.2 Å². The lowest BCUT2D eigenvalue weighted by atomic mass is 10.1. The Kier molecular flexibility index (Phi) is 5.69. The average Bonchev–Trinajstić information content (AvgIpc) is 2.64. The molecule has 1 amide bonds. The van der Waals surface area contributed by atoms with Crippen LogP contribution in [-0.4, -0.2) is 15.8 Å². The molecule has 3 rings (SSSR count). The number of hydrogen-bond acceptors (Lipinski definition) is 2. The van der Waals surface area contributed by atoms with Crippen LogP contribution in [0.3, 0.4) is 0 Å². The summed E-state index contributed by atoms with van der Waals surface area (Å²) in [6.45, 7) is 0.950. The first-order chi connectivity index (χ1) is 12.1. The summed E-state index contributed by atoms with van der Waals surface area (Å²) in [7, 11) is 0. The van der Waals surface area contributed by atoms with E-state index in [9.17, 15) is 4.79 Å². The number of carbonyl (C=O) groups is 1. The van der Waals surface area contributed by atoms with E-state index in [-0.39, 0.29) is 5.91 Å². The molecule has 0 atom stereocenters. The fourth-order valence-corrected chi connectivity index (χ4v) is 2.75. The summed E-state index contributed by atoms with van der Waals surface area (Å²) in [6.07, 6.45) is 3.48. The van der Waals surface area contributed by atoms with Crippen molar-refractivity contribution in [2.24, 2.45) is 0 Å². The van der Waals surface area contributed by atoms with Gasteiger partial charge in [-0.05, 0) is 53.6 Å². The topological polar surface area (TPSA) is 33.2 Å². The van der Waals surface area contributed by atoms with Gasteiger partial charge in [0.2, 0.25) is 0 Å². The Morgan fingerprint density at radius 2 is 1.44 bits per heavy atom. The van der Waals surface area contributed by atoms with E-state index in [1.165, 1.54) is 0 Å². The van der Waals surface area contributed by atoms with Crippen LogP contribution in [0.15, 0.2) is 73.1 Å². The van der Waals surface area contributed by atoms with Gasteiger partial charge in [0.15, 0.2) is 0 Å². The van der Waals surface area contributed by atoms with Crippen LogP contribution in [-0.2, 0) is 13.1 Å². The van der Waals surface area contributed by atoms with E-state index < -0.39 is 0 Å². The molecule has 0 bridgehead atoms. The molecule has 5 heteroatoms. The Hall–Kier alpha value is -2.36. The van der Waals surface area contributed by atoms with Crippen molar-refractivity contribution in [2.45, 2.75) is 13.1 Å². The first-order valence-corrected chi connectivity index (χ1v) is 8.55.